The molecule has 3 heterocycles. The summed E-state index contributed by atoms with van der Waals surface area (Å²) in [7, 11) is 0. The van der Waals surface area contributed by atoms with Crippen LogP contribution in [-0.2, 0) is 16.0 Å². The van der Waals surface area contributed by atoms with E-state index in [9.17, 15) is 4.79 Å². The van der Waals surface area contributed by atoms with Crippen molar-refractivity contribution in [2.75, 3.05) is 19.7 Å². The van der Waals surface area contributed by atoms with Crippen LogP contribution in [0.3, 0.4) is 0 Å². The molecule has 0 N–H and O–H groups in total. The van der Waals surface area contributed by atoms with Crippen LogP contribution in [0.4, 0.5) is 0 Å². The van der Waals surface area contributed by atoms with Crippen LogP contribution in [0.2, 0.25) is 0 Å². The first-order valence-electron chi connectivity index (χ1n) is 7.64. The van der Waals surface area contributed by atoms with Crippen LogP contribution in [0.1, 0.15) is 25.5 Å². The molecule has 3 rings (SSSR count). The smallest absolute Gasteiger partial charge is 0.228 e. The van der Waals surface area contributed by atoms with E-state index in [0.29, 0.717) is 19.6 Å². The number of aromatic nitrogens is 1. The number of amides is 1. The highest BCUT2D eigenvalue weighted by atomic mass is 32.1. The predicted octanol–water partition coefficient (Wildman–Crippen LogP) is 2.97. The summed E-state index contributed by atoms with van der Waals surface area (Å²) in [6, 6.07) is 3.71. The fourth-order valence-electron chi connectivity index (χ4n) is 2.70. The molecule has 6 heteroatoms. The molecule has 1 atom stereocenters. The average Bonchev–Trinajstić information content (AvgIpc) is 3.18. The Morgan fingerprint density at radius 2 is 2.50 bits per heavy atom. The number of carbonyl (C=O) groups is 1. The molecule has 1 aliphatic heterocycles. The number of thiazole rings is 1. The number of carbonyl (C=O) groups excluding carboxylic acids is 1. The molecule has 118 valence electrons. The summed E-state index contributed by atoms with van der Waals surface area (Å²) in [5.41, 5.74) is 0.805. The van der Waals surface area contributed by atoms with Crippen LogP contribution in [-0.4, -0.2) is 41.6 Å². The van der Waals surface area contributed by atoms with Crippen molar-refractivity contribution >= 4 is 17.2 Å². The van der Waals surface area contributed by atoms with E-state index < -0.39 is 0 Å². The van der Waals surface area contributed by atoms with Crippen LogP contribution >= 0.6 is 11.3 Å². The fraction of sp³-hybridized carbons (Fsp3) is 0.500. The van der Waals surface area contributed by atoms with Crippen molar-refractivity contribution in [2.45, 2.75) is 32.3 Å². The zero-order valence-electron chi connectivity index (χ0n) is 12.7. The molecule has 0 bridgehead atoms. The van der Waals surface area contributed by atoms with Crippen LogP contribution in [0, 0.1) is 0 Å². The summed E-state index contributed by atoms with van der Waals surface area (Å²) in [5.74, 6) is 0.874. The lowest BCUT2D eigenvalue weighted by Gasteiger charge is -2.32. The largest absolute Gasteiger partial charge is 0.462 e. The molecule has 1 amide bonds. The summed E-state index contributed by atoms with van der Waals surface area (Å²) in [4.78, 5) is 18.8. The predicted molar refractivity (Wildman–Crippen MR) is 84.7 cm³/mol. The van der Waals surface area contributed by atoms with Gasteiger partial charge in [-0.2, -0.15) is 0 Å². The lowest BCUT2D eigenvalue weighted by molar-refractivity contribution is -0.134. The fourth-order valence-corrected chi connectivity index (χ4v) is 3.49. The standard InChI is InChI=1S/C16H20N2O3S/c1-2-20-13-5-3-7-18(10-13)15(19)9-12-11-22-16(17-12)14-6-4-8-21-14/h4,6,8,11,13H,2-3,5,7,9-10H2,1H3. The van der Waals surface area contributed by atoms with E-state index in [1.165, 1.54) is 11.3 Å². The van der Waals surface area contributed by atoms with Gasteiger partial charge in [0.25, 0.3) is 0 Å². The lowest BCUT2D eigenvalue weighted by Crippen LogP contribution is -2.43. The van der Waals surface area contributed by atoms with Gasteiger partial charge in [0, 0.05) is 25.1 Å². The summed E-state index contributed by atoms with van der Waals surface area (Å²) in [5, 5.41) is 2.75. The zero-order chi connectivity index (χ0) is 15.4. The minimum atomic E-state index is 0.126. The quantitative estimate of drug-likeness (QED) is 0.850. The molecule has 1 fully saturated rings. The Morgan fingerprint density at radius 3 is 3.27 bits per heavy atom. The highest BCUT2D eigenvalue weighted by Gasteiger charge is 2.24. The lowest BCUT2D eigenvalue weighted by atomic mass is 10.1. The number of rotatable bonds is 5. The molecule has 1 aliphatic rings. The highest BCUT2D eigenvalue weighted by Crippen LogP contribution is 2.24. The van der Waals surface area contributed by atoms with Gasteiger partial charge in [0.05, 0.1) is 24.5 Å². The monoisotopic (exact) mass is 320 g/mol. The second-order valence-electron chi connectivity index (χ2n) is 5.36. The molecular weight excluding hydrogens is 300 g/mol. The van der Waals surface area contributed by atoms with Gasteiger partial charge in [0.15, 0.2) is 10.8 Å². The van der Waals surface area contributed by atoms with Gasteiger partial charge in [-0.25, -0.2) is 4.98 Å². The van der Waals surface area contributed by atoms with Crippen LogP contribution in [0.5, 0.6) is 0 Å². The first kappa shape index (κ1) is 15.2. The molecule has 2 aromatic rings. The third-order valence-corrected chi connectivity index (χ3v) is 4.65. The van der Waals surface area contributed by atoms with E-state index in [0.717, 1.165) is 35.8 Å². The second-order valence-corrected chi connectivity index (χ2v) is 6.22. The Hall–Kier alpha value is -1.66. The molecule has 1 saturated heterocycles. The average molecular weight is 320 g/mol. The van der Waals surface area contributed by atoms with Crippen molar-refractivity contribution in [1.82, 2.24) is 9.88 Å². The van der Waals surface area contributed by atoms with Crippen LogP contribution in [0.15, 0.2) is 28.2 Å². The number of nitrogens with zero attached hydrogens (tertiary/aromatic N) is 2. The van der Waals surface area contributed by atoms with Gasteiger partial charge in [-0.3, -0.25) is 4.79 Å². The van der Waals surface area contributed by atoms with E-state index in [4.69, 9.17) is 9.15 Å². The van der Waals surface area contributed by atoms with Crippen LogP contribution < -0.4 is 0 Å². The number of hydrogen-bond donors (Lipinski definition) is 0. The van der Waals surface area contributed by atoms with Crippen molar-refractivity contribution in [3.63, 3.8) is 0 Å². The van der Waals surface area contributed by atoms with Crippen molar-refractivity contribution in [1.29, 1.82) is 0 Å². The first-order valence-corrected chi connectivity index (χ1v) is 8.52. The molecule has 0 saturated carbocycles. The number of piperidine rings is 1. The van der Waals surface area contributed by atoms with Crippen molar-refractivity contribution in [2.24, 2.45) is 0 Å². The first-order chi connectivity index (χ1) is 10.8. The Kier molecular flexibility index (Phi) is 4.90. The third kappa shape index (κ3) is 3.56. The summed E-state index contributed by atoms with van der Waals surface area (Å²) >= 11 is 1.50. The highest BCUT2D eigenvalue weighted by molar-refractivity contribution is 7.13. The number of hydrogen-bond acceptors (Lipinski definition) is 5. The van der Waals surface area contributed by atoms with Gasteiger partial charge in [0.2, 0.25) is 5.91 Å². The second kappa shape index (κ2) is 7.07. The normalized spacial score (nSPS) is 18.6. The van der Waals surface area contributed by atoms with Crippen LogP contribution in [0.25, 0.3) is 10.8 Å². The third-order valence-electron chi connectivity index (χ3n) is 3.75. The Labute approximate surface area is 133 Å². The van der Waals surface area contributed by atoms with Crippen molar-refractivity contribution < 1.29 is 13.9 Å². The summed E-state index contributed by atoms with van der Waals surface area (Å²) < 4.78 is 11.0. The maximum Gasteiger partial charge on any atom is 0.228 e. The Balaban J connectivity index is 1.59. The van der Waals surface area contributed by atoms with Crippen molar-refractivity contribution in [3.05, 3.63) is 29.5 Å². The SMILES string of the molecule is CCOC1CCCN(C(=O)Cc2csc(-c3ccco3)n2)C1. The molecule has 0 aliphatic carbocycles. The summed E-state index contributed by atoms with van der Waals surface area (Å²) in [6.07, 6.45) is 4.19. The van der Waals surface area contributed by atoms with Gasteiger partial charge in [-0.1, -0.05) is 0 Å². The topological polar surface area (TPSA) is 55.6 Å². The maximum absolute atomic E-state index is 12.4. The zero-order valence-corrected chi connectivity index (χ0v) is 13.5. The van der Waals surface area contributed by atoms with Gasteiger partial charge >= 0.3 is 0 Å². The molecule has 0 radical (unpaired) electrons. The molecule has 22 heavy (non-hydrogen) atoms. The van der Waals surface area contributed by atoms with Gasteiger partial charge in [0.1, 0.15) is 0 Å². The van der Waals surface area contributed by atoms with Crippen molar-refractivity contribution in [3.8, 4) is 10.8 Å². The van der Waals surface area contributed by atoms with E-state index in [-0.39, 0.29) is 12.0 Å². The number of likely N-dealkylation sites (tertiary alicyclic amines) is 1. The number of ether oxygens (including phenoxy) is 1. The van der Waals surface area contributed by atoms with E-state index in [1.54, 1.807) is 6.26 Å². The summed E-state index contributed by atoms with van der Waals surface area (Å²) in [6.45, 7) is 4.21. The maximum atomic E-state index is 12.4. The Morgan fingerprint density at radius 1 is 1.59 bits per heavy atom. The Bertz CT molecular complexity index is 607. The number of furan rings is 1. The molecule has 5 nitrogen and oxygen atoms in total. The molecule has 1 unspecified atom stereocenters. The van der Waals surface area contributed by atoms with E-state index in [1.807, 2.05) is 29.3 Å². The van der Waals surface area contributed by atoms with Gasteiger partial charge in [-0.05, 0) is 31.9 Å². The molecule has 0 spiro atoms. The molecule has 2 aromatic heterocycles. The minimum absolute atomic E-state index is 0.126. The van der Waals surface area contributed by atoms with Gasteiger partial charge in [-0.15, -0.1) is 11.3 Å². The van der Waals surface area contributed by atoms with E-state index in [2.05, 4.69) is 4.98 Å². The van der Waals surface area contributed by atoms with E-state index >= 15 is 0 Å². The van der Waals surface area contributed by atoms with Gasteiger partial charge < -0.3 is 14.1 Å². The minimum Gasteiger partial charge on any atom is -0.462 e. The molecule has 0 aromatic carbocycles. The molecular formula is C16H20N2O3S.